The highest BCUT2D eigenvalue weighted by atomic mass is 19.4. The Morgan fingerprint density at radius 3 is 2.00 bits per heavy atom. The van der Waals surface area contributed by atoms with E-state index in [4.69, 9.17) is 14.0 Å². The highest BCUT2D eigenvalue weighted by Gasteiger charge is 2.31. The molecule has 0 amide bonds. The fourth-order valence-electron chi connectivity index (χ4n) is 2.19. The van der Waals surface area contributed by atoms with Crippen LogP contribution in [-0.2, 0) is 0 Å². The molecule has 0 unspecified atom stereocenters. The van der Waals surface area contributed by atoms with Crippen LogP contribution in [0.25, 0.3) is 22.8 Å². The van der Waals surface area contributed by atoms with Crippen LogP contribution in [0.4, 0.5) is 13.2 Å². The average molecular weight is 366 g/mol. The van der Waals surface area contributed by atoms with Crippen molar-refractivity contribution in [1.82, 2.24) is 10.1 Å². The maximum absolute atomic E-state index is 12.2. The Bertz CT molecular complexity index is 870. The Kier molecular flexibility index (Phi) is 4.70. The maximum Gasteiger partial charge on any atom is 0.573 e. The third-order valence-electron chi connectivity index (χ3n) is 3.37. The first-order valence-electron chi connectivity index (χ1n) is 7.31. The van der Waals surface area contributed by atoms with Gasteiger partial charge in [0.1, 0.15) is 17.2 Å². The van der Waals surface area contributed by atoms with E-state index in [0.29, 0.717) is 22.6 Å². The van der Waals surface area contributed by atoms with E-state index in [-0.39, 0.29) is 17.5 Å². The van der Waals surface area contributed by atoms with E-state index in [0.717, 1.165) is 0 Å². The van der Waals surface area contributed by atoms with Crippen LogP contribution in [0.1, 0.15) is 0 Å². The molecule has 2 aromatic carbocycles. The summed E-state index contributed by atoms with van der Waals surface area (Å²) in [5.74, 6) is 1.20. The molecule has 0 N–H and O–H groups in total. The first-order chi connectivity index (χ1) is 12.4. The Morgan fingerprint density at radius 2 is 1.46 bits per heavy atom. The number of nitrogens with zero attached hydrogens (tertiary/aromatic N) is 2. The minimum Gasteiger partial charge on any atom is -0.497 e. The van der Waals surface area contributed by atoms with Crippen molar-refractivity contribution in [2.75, 3.05) is 14.2 Å². The second-order valence-corrected chi connectivity index (χ2v) is 5.10. The number of hydrogen-bond acceptors (Lipinski definition) is 6. The molecule has 1 aromatic heterocycles. The fourth-order valence-corrected chi connectivity index (χ4v) is 2.19. The van der Waals surface area contributed by atoms with Crippen molar-refractivity contribution < 1.29 is 31.9 Å². The molecule has 0 saturated carbocycles. The number of rotatable bonds is 5. The van der Waals surface area contributed by atoms with Crippen LogP contribution < -0.4 is 14.2 Å². The maximum atomic E-state index is 12.2. The van der Waals surface area contributed by atoms with Gasteiger partial charge in [-0.25, -0.2) is 0 Å². The molecule has 0 atom stereocenters. The lowest BCUT2D eigenvalue weighted by atomic mass is 10.2. The monoisotopic (exact) mass is 366 g/mol. The van der Waals surface area contributed by atoms with Gasteiger partial charge in [0.25, 0.3) is 5.89 Å². The number of ether oxygens (including phenoxy) is 3. The van der Waals surface area contributed by atoms with Gasteiger partial charge in [-0.05, 0) is 36.4 Å². The molecule has 1 heterocycles. The van der Waals surface area contributed by atoms with E-state index in [2.05, 4.69) is 14.9 Å². The van der Waals surface area contributed by atoms with Gasteiger partial charge in [-0.1, -0.05) is 5.16 Å². The van der Waals surface area contributed by atoms with Crippen LogP contribution in [-0.4, -0.2) is 30.7 Å². The number of hydrogen-bond donors (Lipinski definition) is 0. The summed E-state index contributed by atoms with van der Waals surface area (Å²) < 4.78 is 56.0. The molecule has 9 heteroatoms. The normalized spacial score (nSPS) is 11.3. The highest BCUT2D eigenvalue weighted by molar-refractivity contribution is 5.63. The van der Waals surface area contributed by atoms with Gasteiger partial charge in [0.15, 0.2) is 0 Å². The van der Waals surface area contributed by atoms with Crippen molar-refractivity contribution in [3.63, 3.8) is 0 Å². The molecule has 0 spiro atoms. The smallest absolute Gasteiger partial charge is 0.497 e. The Morgan fingerprint density at radius 1 is 0.846 bits per heavy atom. The minimum absolute atomic E-state index is 0.216. The van der Waals surface area contributed by atoms with Crippen molar-refractivity contribution in [3.05, 3.63) is 42.5 Å². The summed E-state index contributed by atoms with van der Waals surface area (Å²) >= 11 is 0. The quantitative estimate of drug-likeness (QED) is 0.670. The Balaban J connectivity index is 1.86. The molecule has 0 bridgehead atoms. The van der Waals surface area contributed by atoms with Crippen molar-refractivity contribution in [2.24, 2.45) is 0 Å². The van der Waals surface area contributed by atoms with Gasteiger partial charge >= 0.3 is 6.36 Å². The van der Waals surface area contributed by atoms with E-state index >= 15 is 0 Å². The van der Waals surface area contributed by atoms with Gasteiger partial charge in [0.05, 0.1) is 14.2 Å². The number of aromatic nitrogens is 2. The molecule has 0 aliphatic heterocycles. The lowest BCUT2D eigenvalue weighted by Gasteiger charge is -2.08. The van der Waals surface area contributed by atoms with E-state index in [9.17, 15) is 13.2 Å². The van der Waals surface area contributed by atoms with Crippen molar-refractivity contribution >= 4 is 0 Å². The van der Waals surface area contributed by atoms with Crippen molar-refractivity contribution in [3.8, 4) is 40.1 Å². The van der Waals surface area contributed by atoms with E-state index in [1.165, 1.54) is 38.5 Å². The first kappa shape index (κ1) is 17.6. The topological polar surface area (TPSA) is 66.6 Å². The standard InChI is InChI=1S/C17H13F3N2O4/c1-23-13-7-11(8-14(9-13)24-2)16-21-15(22-26-16)10-3-5-12(6-4-10)25-17(18,19)20/h3-9H,1-2H3. The highest BCUT2D eigenvalue weighted by Crippen LogP contribution is 2.31. The first-order valence-corrected chi connectivity index (χ1v) is 7.31. The van der Waals surface area contributed by atoms with Gasteiger partial charge in [-0.15, -0.1) is 13.2 Å². The summed E-state index contributed by atoms with van der Waals surface area (Å²) in [4.78, 5) is 4.25. The van der Waals surface area contributed by atoms with E-state index in [1.54, 1.807) is 18.2 Å². The molecule has 0 fully saturated rings. The molecule has 136 valence electrons. The van der Waals surface area contributed by atoms with Crippen LogP contribution in [0.3, 0.4) is 0 Å². The fraction of sp³-hybridized carbons (Fsp3) is 0.176. The molecule has 0 aliphatic carbocycles. The van der Waals surface area contributed by atoms with Crippen LogP contribution in [0.15, 0.2) is 47.0 Å². The third kappa shape index (κ3) is 4.05. The molecule has 3 aromatic rings. The lowest BCUT2D eigenvalue weighted by Crippen LogP contribution is -2.16. The zero-order valence-electron chi connectivity index (χ0n) is 13.7. The molecular formula is C17H13F3N2O4. The van der Waals surface area contributed by atoms with Crippen LogP contribution in [0.5, 0.6) is 17.2 Å². The summed E-state index contributed by atoms with van der Waals surface area (Å²) in [6, 6.07) is 10.2. The van der Waals surface area contributed by atoms with Gasteiger partial charge < -0.3 is 18.7 Å². The van der Waals surface area contributed by atoms with Gasteiger partial charge in [0.2, 0.25) is 5.82 Å². The Labute approximate surface area is 146 Å². The van der Waals surface area contributed by atoms with Crippen LogP contribution >= 0.6 is 0 Å². The number of benzene rings is 2. The molecular weight excluding hydrogens is 353 g/mol. The van der Waals surface area contributed by atoms with Gasteiger partial charge in [-0.3, -0.25) is 0 Å². The summed E-state index contributed by atoms with van der Waals surface area (Å²) in [6.45, 7) is 0. The Hall–Kier alpha value is -3.23. The molecule has 0 aliphatic rings. The summed E-state index contributed by atoms with van der Waals surface area (Å²) in [6.07, 6.45) is -4.74. The van der Waals surface area contributed by atoms with Crippen LogP contribution in [0.2, 0.25) is 0 Å². The number of methoxy groups -OCH3 is 2. The van der Waals surface area contributed by atoms with Gasteiger partial charge in [0, 0.05) is 17.2 Å². The summed E-state index contributed by atoms with van der Waals surface area (Å²) in [5.41, 5.74) is 1.06. The van der Waals surface area contributed by atoms with Crippen molar-refractivity contribution in [2.45, 2.75) is 6.36 Å². The SMILES string of the molecule is COc1cc(OC)cc(-c2nc(-c3ccc(OC(F)(F)F)cc3)no2)c1. The predicted octanol–water partition coefficient (Wildman–Crippen LogP) is 4.32. The molecule has 6 nitrogen and oxygen atoms in total. The van der Waals surface area contributed by atoms with E-state index < -0.39 is 6.36 Å². The van der Waals surface area contributed by atoms with Crippen LogP contribution in [0, 0.1) is 0 Å². The summed E-state index contributed by atoms with van der Waals surface area (Å²) in [5, 5.41) is 3.85. The minimum atomic E-state index is -4.74. The molecule has 3 rings (SSSR count). The predicted molar refractivity (Wildman–Crippen MR) is 85.0 cm³/mol. The van der Waals surface area contributed by atoms with Gasteiger partial charge in [-0.2, -0.15) is 4.98 Å². The molecule has 0 saturated heterocycles. The second kappa shape index (κ2) is 6.95. The summed E-state index contributed by atoms with van der Waals surface area (Å²) in [7, 11) is 3.03. The third-order valence-corrected chi connectivity index (χ3v) is 3.37. The number of alkyl halides is 3. The molecule has 0 radical (unpaired) electrons. The average Bonchev–Trinajstić information content (AvgIpc) is 3.10. The zero-order chi connectivity index (χ0) is 18.7. The molecule has 26 heavy (non-hydrogen) atoms. The zero-order valence-corrected chi connectivity index (χ0v) is 13.7. The van der Waals surface area contributed by atoms with Crippen molar-refractivity contribution in [1.29, 1.82) is 0 Å². The largest absolute Gasteiger partial charge is 0.573 e. The number of halogens is 3. The second-order valence-electron chi connectivity index (χ2n) is 5.10. The van der Waals surface area contributed by atoms with E-state index in [1.807, 2.05) is 0 Å². The lowest BCUT2D eigenvalue weighted by molar-refractivity contribution is -0.274.